The molecule has 1 rings (SSSR count). The van der Waals surface area contributed by atoms with Gasteiger partial charge in [-0.25, -0.2) is 0 Å². The fourth-order valence-corrected chi connectivity index (χ4v) is 2.21. The largest absolute Gasteiger partial charge is 0.401 e. The Morgan fingerprint density at radius 2 is 1.84 bits per heavy atom. The van der Waals surface area contributed by atoms with E-state index in [-0.39, 0.29) is 24.0 Å². The highest BCUT2D eigenvalue weighted by Gasteiger charge is 2.28. The number of guanidine groups is 1. The van der Waals surface area contributed by atoms with E-state index in [0.717, 1.165) is 12.8 Å². The van der Waals surface area contributed by atoms with Gasteiger partial charge in [-0.1, -0.05) is 30.3 Å². The van der Waals surface area contributed by atoms with Gasteiger partial charge in [0.1, 0.15) is 0 Å². The highest BCUT2D eigenvalue weighted by molar-refractivity contribution is 14.0. The molecule has 25 heavy (non-hydrogen) atoms. The number of halogens is 4. The number of rotatable bonds is 9. The monoisotopic (exact) mass is 472 g/mol. The fourth-order valence-electron chi connectivity index (χ4n) is 2.21. The van der Waals surface area contributed by atoms with E-state index in [1.807, 2.05) is 25.1 Å². The number of benzene rings is 1. The van der Waals surface area contributed by atoms with Gasteiger partial charge >= 0.3 is 6.18 Å². The molecule has 0 saturated carbocycles. The molecule has 0 aliphatic carbocycles. The lowest BCUT2D eigenvalue weighted by Gasteiger charge is -2.19. The molecule has 0 aliphatic heterocycles. The summed E-state index contributed by atoms with van der Waals surface area (Å²) in [5.74, 6) is 0.644. The van der Waals surface area contributed by atoms with Crippen molar-refractivity contribution in [3.8, 4) is 0 Å². The van der Waals surface area contributed by atoms with Gasteiger partial charge in [0.15, 0.2) is 5.96 Å². The summed E-state index contributed by atoms with van der Waals surface area (Å²) in [5, 5.41) is 6.17. The van der Waals surface area contributed by atoms with Gasteiger partial charge in [-0.05, 0) is 32.4 Å². The maximum absolute atomic E-state index is 12.3. The standard InChI is InChI=1S/C17H27F3N4.HI/c1-3-21-16(23-12-13-24(2)14-17(18,19)20)22-11-7-10-15-8-5-4-6-9-15;/h4-6,8-9H,3,7,10-14H2,1-2H3,(H2,21,22,23);1H. The molecular weight excluding hydrogens is 444 g/mol. The molecule has 0 aromatic heterocycles. The van der Waals surface area contributed by atoms with Crippen LogP contribution >= 0.6 is 24.0 Å². The van der Waals surface area contributed by atoms with Crippen molar-refractivity contribution in [2.24, 2.45) is 4.99 Å². The van der Waals surface area contributed by atoms with Gasteiger partial charge < -0.3 is 10.6 Å². The molecular formula is C17H28F3IN4. The molecule has 0 heterocycles. The van der Waals surface area contributed by atoms with E-state index in [2.05, 4.69) is 27.8 Å². The molecule has 0 amide bonds. The average Bonchev–Trinajstić information content (AvgIpc) is 2.50. The first kappa shape index (κ1) is 24.0. The zero-order chi connectivity index (χ0) is 17.8. The topological polar surface area (TPSA) is 39.7 Å². The third-order valence-corrected chi connectivity index (χ3v) is 3.32. The van der Waals surface area contributed by atoms with E-state index >= 15 is 0 Å². The number of hydrogen-bond donors (Lipinski definition) is 2. The van der Waals surface area contributed by atoms with Crippen LogP contribution in [-0.2, 0) is 6.42 Å². The van der Waals surface area contributed by atoms with Gasteiger partial charge in [0.2, 0.25) is 0 Å². The third-order valence-electron chi connectivity index (χ3n) is 3.32. The number of aryl methyl sites for hydroxylation is 1. The fraction of sp³-hybridized carbons (Fsp3) is 0.588. The van der Waals surface area contributed by atoms with E-state index in [1.54, 1.807) is 0 Å². The molecule has 2 N–H and O–H groups in total. The lowest BCUT2D eigenvalue weighted by molar-refractivity contribution is -0.142. The second-order valence-electron chi connectivity index (χ2n) is 5.63. The van der Waals surface area contributed by atoms with Gasteiger partial charge in [-0.15, -0.1) is 24.0 Å². The van der Waals surface area contributed by atoms with Crippen molar-refractivity contribution in [3.05, 3.63) is 35.9 Å². The molecule has 1 aromatic carbocycles. The average molecular weight is 472 g/mol. The predicted octanol–water partition coefficient (Wildman–Crippen LogP) is 3.29. The van der Waals surface area contributed by atoms with Crippen LogP contribution < -0.4 is 10.6 Å². The summed E-state index contributed by atoms with van der Waals surface area (Å²) in [5.41, 5.74) is 1.28. The van der Waals surface area contributed by atoms with Crippen LogP contribution in [0.4, 0.5) is 13.2 Å². The highest BCUT2D eigenvalue weighted by atomic mass is 127. The Kier molecular flexibility index (Phi) is 12.7. The molecule has 0 saturated heterocycles. The Hall–Kier alpha value is -1.03. The quantitative estimate of drug-likeness (QED) is 0.251. The van der Waals surface area contributed by atoms with Crippen LogP contribution in [0.1, 0.15) is 18.9 Å². The van der Waals surface area contributed by atoms with Crippen LogP contribution in [0.15, 0.2) is 35.3 Å². The predicted molar refractivity (Wildman–Crippen MR) is 108 cm³/mol. The Labute approximate surface area is 165 Å². The van der Waals surface area contributed by atoms with E-state index in [0.29, 0.717) is 32.1 Å². The zero-order valence-corrected chi connectivity index (χ0v) is 17.1. The number of nitrogens with one attached hydrogen (secondary N) is 2. The van der Waals surface area contributed by atoms with Crippen molar-refractivity contribution in [1.29, 1.82) is 0 Å². The number of nitrogens with zero attached hydrogens (tertiary/aromatic N) is 2. The Morgan fingerprint density at radius 3 is 2.44 bits per heavy atom. The summed E-state index contributed by atoms with van der Waals surface area (Å²) in [6.07, 6.45) is -2.28. The van der Waals surface area contributed by atoms with Crippen LogP contribution in [0.2, 0.25) is 0 Å². The van der Waals surface area contributed by atoms with Crippen molar-refractivity contribution < 1.29 is 13.2 Å². The first-order valence-electron chi connectivity index (χ1n) is 8.22. The van der Waals surface area contributed by atoms with Gasteiger partial charge in [-0.2, -0.15) is 13.2 Å². The van der Waals surface area contributed by atoms with Crippen molar-refractivity contribution in [2.45, 2.75) is 25.9 Å². The summed E-state index contributed by atoms with van der Waals surface area (Å²) >= 11 is 0. The number of alkyl halides is 3. The lowest BCUT2D eigenvalue weighted by Crippen LogP contribution is -2.42. The number of hydrogen-bond acceptors (Lipinski definition) is 2. The van der Waals surface area contributed by atoms with Gasteiger partial charge in [0.05, 0.1) is 6.54 Å². The number of aliphatic imine (C=N–C) groups is 1. The molecule has 0 aliphatic rings. The molecule has 0 fully saturated rings. The molecule has 0 radical (unpaired) electrons. The second kappa shape index (κ2) is 13.2. The maximum atomic E-state index is 12.3. The summed E-state index contributed by atoms with van der Waals surface area (Å²) < 4.78 is 36.8. The number of likely N-dealkylation sites (N-methyl/N-ethyl adjacent to an activating group) is 1. The lowest BCUT2D eigenvalue weighted by atomic mass is 10.1. The van der Waals surface area contributed by atoms with Crippen LogP contribution in [0.5, 0.6) is 0 Å². The molecule has 0 atom stereocenters. The maximum Gasteiger partial charge on any atom is 0.401 e. The van der Waals surface area contributed by atoms with Gasteiger partial charge in [0, 0.05) is 26.2 Å². The van der Waals surface area contributed by atoms with Crippen molar-refractivity contribution in [1.82, 2.24) is 15.5 Å². The molecule has 0 unspecified atom stereocenters. The normalized spacial score (nSPS) is 12.0. The van der Waals surface area contributed by atoms with E-state index < -0.39 is 12.7 Å². The van der Waals surface area contributed by atoms with Crippen LogP contribution in [0, 0.1) is 0 Å². The first-order chi connectivity index (χ1) is 11.4. The molecule has 4 nitrogen and oxygen atoms in total. The summed E-state index contributed by atoms with van der Waals surface area (Å²) in [6, 6.07) is 10.2. The summed E-state index contributed by atoms with van der Waals surface area (Å²) in [6.45, 7) is 3.15. The van der Waals surface area contributed by atoms with Gasteiger partial charge in [0.25, 0.3) is 0 Å². The van der Waals surface area contributed by atoms with E-state index in [1.165, 1.54) is 17.5 Å². The summed E-state index contributed by atoms with van der Waals surface area (Å²) in [4.78, 5) is 5.70. The minimum atomic E-state index is -4.16. The Bertz CT molecular complexity index is 481. The zero-order valence-electron chi connectivity index (χ0n) is 14.8. The SMILES string of the molecule is CCNC(=NCCCc1ccccc1)NCCN(C)CC(F)(F)F.I. The minimum Gasteiger partial charge on any atom is -0.357 e. The van der Waals surface area contributed by atoms with E-state index in [9.17, 15) is 13.2 Å². The molecule has 8 heteroatoms. The molecule has 0 bridgehead atoms. The van der Waals surface area contributed by atoms with Crippen LogP contribution in [0.3, 0.4) is 0 Å². The first-order valence-corrected chi connectivity index (χ1v) is 8.22. The molecule has 144 valence electrons. The van der Waals surface area contributed by atoms with E-state index in [4.69, 9.17) is 0 Å². The van der Waals surface area contributed by atoms with Crippen LogP contribution in [0.25, 0.3) is 0 Å². The third kappa shape index (κ3) is 12.9. The molecule has 0 spiro atoms. The van der Waals surface area contributed by atoms with Gasteiger partial charge in [-0.3, -0.25) is 9.89 Å². The van der Waals surface area contributed by atoms with Crippen molar-refractivity contribution >= 4 is 29.9 Å². The highest BCUT2D eigenvalue weighted by Crippen LogP contribution is 2.14. The van der Waals surface area contributed by atoms with Crippen LogP contribution in [-0.4, -0.2) is 56.8 Å². The minimum absolute atomic E-state index is 0. The second-order valence-corrected chi connectivity index (χ2v) is 5.63. The Morgan fingerprint density at radius 1 is 1.16 bits per heavy atom. The smallest absolute Gasteiger partial charge is 0.357 e. The molecule has 1 aromatic rings. The Balaban J connectivity index is 0.00000576. The summed E-state index contributed by atoms with van der Waals surface area (Å²) in [7, 11) is 1.46. The van der Waals surface area contributed by atoms with Crippen molar-refractivity contribution in [3.63, 3.8) is 0 Å². The van der Waals surface area contributed by atoms with Crippen molar-refractivity contribution in [2.75, 3.05) is 39.8 Å².